The van der Waals surface area contributed by atoms with Crippen molar-refractivity contribution in [3.63, 3.8) is 0 Å². The van der Waals surface area contributed by atoms with Crippen LogP contribution in [0.2, 0.25) is 0 Å². The number of hydrogen-bond donors (Lipinski definition) is 1. The van der Waals surface area contributed by atoms with Gasteiger partial charge in [-0.15, -0.1) is 0 Å². The molecule has 1 saturated heterocycles. The Morgan fingerprint density at radius 2 is 1.77 bits per heavy atom. The van der Waals surface area contributed by atoms with Gasteiger partial charge in [-0.2, -0.15) is 4.31 Å². The van der Waals surface area contributed by atoms with Crippen molar-refractivity contribution >= 4 is 37.3 Å². The average Bonchev–Trinajstić information content (AvgIpc) is 3.54. The molecule has 4 rings (SSSR count). The maximum absolute atomic E-state index is 13.0. The molecule has 0 radical (unpaired) electrons. The van der Waals surface area contributed by atoms with E-state index in [-0.39, 0.29) is 34.6 Å². The number of sulfonamides is 2. The van der Waals surface area contributed by atoms with E-state index in [1.807, 2.05) is 0 Å². The van der Waals surface area contributed by atoms with Gasteiger partial charge in [0.15, 0.2) is 11.5 Å². The molecule has 13 heteroatoms. The van der Waals surface area contributed by atoms with E-state index >= 15 is 0 Å². The third-order valence-corrected chi connectivity index (χ3v) is 9.42. The van der Waals surface area contributed by atoms with Gasteiger partial charge < -0.3 is 19.5 Å². The van der Waals surface area contributed by atoms with Crippen LogP contribution in [0.15, 0.2) is 41.3 Å². The number of hydrogen-bond acceptors (Lipinski definition) is 8. The van der Waals surface area contributed by atoms with Crippen LogP contribution in [0.4, 0.5) is 11.4 Å². The summed E-state index contributed by atoms with van der Waals surface area (Å²) in [5, 5.41) is 2.60. The minimum atomic E-state index is -3.83. The second-order valence-corrected chi connectivity index (χ2v) is 12.1. The van der Waals surface area contributed by atoms with E-state index in [4.69, 9.17) is 14.2 Å². The number of anilines is 2. The van der Waals surface area contributed by atoms with Crippen molar-refractivity contribution in [1.82, 2.24) is 4.31 Å². The maximum Gasteiger partial charge on any atom is 0.245 e. The summed E-state index contributed by atoms with van der Waals surface area (Å²) in [5.41, 5.74) is 0.362. The van der Waals surface area contributed by atoms with Crippen LogP contribution in [0.1, 0.15) is 19.8 Å². The molecule has 1 fully saturated rings. The van der Waals surface area contributed by atoms with Gasteiger partial charge in [0.1, 0.15) is 12.3 Å². The molecule has 0 atom stereocenters. The van der Waals surface area contributed by atoms with Gasteiger partial charge in [0.25, 0.3) is 0 Å². The van der Waals surface area contributed by atoms with Crippen LogP contribution in [0.25, 0.3) is 0 Å². The monoisotopic (exact) mass is 525 g/mol. The van der Waals surface area contributed by atoms with Crippen molar-refractivity contribution in [3.05, 3.63) is 36.4 Å². The molecule has 35 heavy (non-hydrogen) atoms. The van der Waals surface area contributed by atoms with E-state index in [2.05, 4.69) is 5.32 Å². The van der Waals surface area contributed by atoms with Gasteiger partial charge in [-0.3, -0.25) is 9.10 Å². The van der Waals surface area contributed by atoms with Crippen LogP contribution in [-0.4, -0.2) is 66.3 Å². The Balaban J connectivity index is 1.60. The lowest BCUT2D eigenvalue weighted by Gasteiger charge is -2.24. The fourth-order valence-electron chi connectivity index (χ4n) is 3.89. The van der Waals surface area contributed by atoms with Gasteiger partial charge in [0, 0.05) is 19.2 Å². The van der Waals surface area contributed by atoms with Crippen LogP contribution in [-0.2, 0) is 24.8 Å². The zero-order chi connectivity index (χ0) is 25.2. The molecule has 2 aromatic rings. The van der Waals surface area contributed by atoms with E-state index in [1.165, 1.54) is 48.7 Å². The number of carbonyl (C=O) groups excluding carboxylic acids is 1. The summed E-state index contributed by atoms with van der Waals surface area (Å²) in [7, 11) is -6.17. The first kappa shape index (κ1) is 25.1. The van der Waals surface area contributed by atoms with Crippen molar-refractivity contribution in [1.29, 1.82) is 0 Å². The zero-order valence-corrected chi connectivity index (χ0v) is 21.0. The Bertz CT molecular complexity index is 1320. The molecular weight excluding hydrogens is 498 g/mol. The fraction of sp³-hybridized carbons (Fsp3) is 0.409. The highest BCUT2D eigenvalue weighted by Gasteiger charge is 2.29. The first-order chi connectivity index (χ1) is 16.7. The summed E-state index contributed by atoms with van der Waals surface area (Å²) < 4.78 is 69.8. The third-order valence-electron chi connectivity index (χ3n) is 5.78. The van der Waals surface area contributed by atoms with Gasteiger partial charge >= 0.3 is 0 Å². The van der Waals surface area contributed by atoms with E-state index in [0.29, 0.717) is 24.6 Å². The zero-order valence-electron chi connectivity index (χ0n) is 19.4. The van der Waals surface area contributed by atoms with Crippen LogP contribution in [0, 0.1) is 0 Å². The predicted octanol–water partition coefficient (Wildman–Crippen LogP) is 2.00. The van der Waals surface area contributed by atoms with Crippen molar-refractivity contribution in [2.75, 3.05) is 48.9 Å². The molecule has 190 valence electrons. The molecule has 0 bridgehead atoms. The number of nitrogens with zero attached hydrogens (tertiary/aromatic N) is 2. The molecular formula is C22H27N3O8S2. The van der Waals surface area contributed by atoms with E-state index in [9.17, 15) is 21.6 Å². The minimum Gasteiger partial charge on any atom is -0.495 e. The van der Waals surface area contributed by atoms with Crippen LogP contribution in [0.5, 0.6) is 17.2 Å². The largest absolute Gasteiger partial charge is 0.495 e. The first-order valence-corrected chi connectivity index (χ1v) is 14.1. The maximum atomic E-state index is 13.0. The number of nitrogens with one attached hydrogen (secondary N) is 1. The molecule has 1 N–H and O–H groups in total. The molecule has 11 nitrogen and oxygen atoms in total. The Morgan fingerprint density at radius 1 is 1.06 bits per heavy atom. The first-order valence-electron chi connectivity index (χ1n) is 11.0. The standard InChI is InChI=1S/C22H27N3O8S2/c1-3-34(27,28)25(16-6-8-20-21(12-16)33-15-32-20)14-22(26)23-18-13-17(7-9-19(18)31-2)35(29,30)24-10-4-5-11-24/h6-9,12-13H,3-5,10-11,14-15H2,1-2H3,(H,23,26). The Kier molecular flexibility index (Phi) is 7.10. The van der Waals surface area contributed by atoms with Crippen LogP contribution in [0.3, 0.4) is 0 Å². The number of rotatable bonds is 9. The lowest BCUT2D eigenvalue weighted by molar-refractivity contribution is -0.114. The highest BCUT2D eigenvalue weighted by molar-refractivity contribution is 7.92. The molecule has 2 aliphatic heterocycles. The van der Waals surface area contributed by atoms with Gasteiger partial charge in [-0.1, -0.05) is 0 Å². The Hall–Kier alpha value is -3.03. The molecule has 0 spiro atoms. The molecule has 0 aliphatic carbocycles. The van der Waals surface area contributed by atoms with Gasteiger partial charge in [0.2, 0.25) is 32.7 Å². The number of amides is 1. The predicted molar refractivity (Wildman–Crippen MR) is 129 cm³/mol. The summed E-state index contributed by atoms with van der Waals surface area (Å²) in [6, 6.07) is 8.79. The fourth-order valence-corrected chi connectivity index (χ4v) is 6.49. The third kappa shape index (κ3) is 5.16. The van der Waals surface area contributed by atoms with Crippen LogP contribution >= 0.6 is 0 Å². The van der Waals surface area contributed by atoms with Crippen molar-refractivity contribution < 1.29 is 35.8 Å². The Morgan fingerprint density at radius 3 is 2.46 bits per heavy atom. The molecule has 2 aliphatic rings. The van der Waals surface area contributed by atoms with Crippen molar-refractivity contribution in [2.24, 2.45) is 0 Å². The van der Waals surface area contributed by atoms with Gasteiger partial charge in [-0.25, -0.2) is 16.8 Å². The second kappa shape index (κ2) is 9.91. The van der Waals surface area contributed by atoms with E-state index in [1.54, 1.807) is 6.07 Å². The molecule has 0 aromatic heterocycles. The quantitative estimate of drug-likeness (QED) is 0.526. The normalized spacial score (nSPS) is 15.7. The number of benzene rings is 2. The van der Waals surface area contributed by atoms with Crippen molar-refractivity contribution in [2.45, 2.75) is 24.7 Å². The lowest BCUT2D eigenvalue weighted by Crippen LogP contribution is -2.39. The van der Waals surface area contributed by atoms with Gasteiger partial charge in [-0.05, 0) is 50.1 Å². The molecule has 2 heterocycles. The van der Waals surface area contributed by atoms with Crippen LogP contribution < -0.4 is 23.8 Å². The highest BCUT2D eigenvalue weighted by atomic mass is 32.2. The minimum absolute atomic E-state index is 0.0179. The van der Waals surface area contributed by atoms with E-state index < -0.39 is 32.5 Å². The molecule has 0 unspecified atom stereocenters. The topological polar surface area (TPSA) is 132 Å². The number of fused-ring (bicyclic) bond motifs is 1. The number of carbonyl (C=O) groups is 1. The highest BCUT2D eigenvalue weighted by Crippen LogP contribution is 2.36. The smallest absolute Gasteiger partial charge is 0.245 e. The molecule has 2 aromatic carbocycles. The van der Waals surface area contributed by atoms with Crippen molar-refractivity contribution in [3.8, 4) is 17.2 Å². The van der Waals surface area contributed by atoms with E-state index in [0.717, 1.165) is 17.1 Å². The summed E-state index contributed by atoms with van der Waals surface area (Å²) in [5.74, 6) is 0.190. The SMILES string of the molecule is CCS(=O)(=O)N(CC(=O)Nc1cc(S(=O)(=O)N2CCCC2)ccc1OC)c1ccc2c(c1)OCO2. The molecule has 1 amide bonds. The summed E-state index contributed by atoms with van der Waals surface area (Å²) in [4.78, 5) is 13.0. The summed E-state index contributed by atoms with van der Waals surface area (Å²) >= 11 is 0. The number of methoxy groups -OCH3 is 1. The summed E-state index contributed by atoms with van der Waals surface area (Å²) in [6.45, 7) is 1.84. The molecule has 0 saturated carbocycles. The summed E-state index contributed by atoms with van der Waals surface area (Å²) in [6.07, 6.45) is 1.58. The average molecular weight is 526 g/mol. The lowest BCUT2D eigenvalue weighted by atomic mass is 10.2. The Labute approximate surface area is 204 Å². The number of ether oxygens (including phenoxy) is 3. The van der Waals surface area contributed by atoms with Gasteiger partial charge in [0.05, 0.1) is 29.1 Å². The second-order valence-electron chi connectivity index (χ2n) is 7.97.